The predicted molar refractivity (Wildman–Crippen MR) is 56.5 cm³/mol. The fourth-order valence-corrected chi connectivity index (χ4v) is 1.90. The molecule has 2 rings (SSSR count). The number of hydrogen-bond donors (Lipinski definition) is 2. The molecule has 0 saturated heterocycles. The molecule has 0 bridgehead atoms. The average Bonchev–Trinajstić information content (AvgIpc) is 2.96. The van der Waals surface area contributed by atoms with Gasteiger partial charge in [0.05, 0.1) is 4.47 Å². The summed E-state index contributed by atoms with van der Waals surface area (Å²) in [5, 5.41) is 19.2. The molecular weight excluding hydrogens is 262 g/mol. The van der Waals surface area contributed by atoms with E-state index in [-0.39, 0.29) is 11.5 Å². The molecule has 0 atom stereocenters. The van der Waals surface area contributed by atoms with Crippen molar-refractivity contribution < 1.29 is 15.0 Å². The fourth-order valence-electron chi connectivity index (χ4n) is 1.58. The summed E-state index contributed by atoms with van der Waals surface area (Å²) >= 11 is 3.09. The van der Waals surface area contributed by atoms with E-state index in [0.717, 1.165) is 0 Å². The van der Waals surface area contributed by atoms with Gasteiger partial charge in [0.1, 0.15) is 5.54 Å². The van der Waals surface area contributed by atoms with Crippen LogP contribution in [0.3, 0.4) is 0 Å². The zero-order valence-electron chi connectivity index (χ0n) is 7.70. The number of carbonyl (C=O) groups excluding carboxylic acids is 1. The van der Waals surface area contributed by atoms with Crippen molar-refractivity contribution in [3.63, 3.8) is 0 Å². The Hall–Kier alpha value is -1.32. The first-order valence-corrected chi connectivity index (χ1v) is 5.20. The molecule has 0 radical (unpaired) electrons. The normalized spacial score (nSPS) is 16.9. The van der Waals surface area contributed by atoms with E-state index >= 15 is 0 Å². The van der Waals surface area contributed by atoms with Crippen LogP contribution in [0.1, 0.15) is 18.4 Å². The summed E-state index contributed by atoms with van der Waals surface area (Å²) in [5.74, 6) is -0.444. The minimum atomic E-state index is -0.663. The van der Waals surface area contributed by atoms with Crippen LogP contribution in [0.2, 0.25) is 0 Å². The molecule has 2 N–H and O–H groups in total. The highest BCUT2D eigenvalue weighted by Gasteiger charge is 2.47. The van der Waals surface area contributed by atoms with Gasteiger partial charge in [0, 0.05) is 5.56 Å². The topological polar surface area (TPSA) is 69.9 Å². The number of benzene rings is 1. The van der Waals surface area contributed by atoms with Crippen LogP contribution in [-0.4, -0.2) is 16.3 Å². The molecule has 1 saturated carbocycles. The Balaban J connectivity index is 2.55. The highest BCUT2D eigenvalue weighted by Crippen LogP contribution is 2.54. The van der Waals surface area contributed by atoms with Gasteiger partial charge in [0.2, 0.25) is 6.08 Å². The minimum Gasteiger partial charge on any atom is -0.504 e. The molecule has 0 spiro atoms. The lowest BCUT2D eigenvalue weighted by Crippen LogP contribution is -2.02. The molecule has 1 aromatic carbocycles. The molecule has 1 aliphatic rings. The first-order valence-electron chi connectivity index (χ1n) is 4.41. The molecule has 0 aromatic heterocycles. The summed E-state index contributed by atoms with van der Waals surface area (Å²) in [6, 6.07) is 3.26. The molecule has 15 heavy (non-hydrogen) atoms. The number of nitrogens with zero attached hydrogens (tertiary/aromatic N) is 1. The number of phenols is 2. The van der Waals surface area contributed by atoms with Crippen molar-refractivity contribution in [3.05, 3.63) is 22.2 Å². The minimum absolute atomic E-state index is 0.221. The van der Waals surface area contributed by atoms with Crippen LogP contribution in [0.4, 0.5) is 0 Å². The monoisotopic (exact) mass is 269 g/mol. The van der Waals surface area contributed by atoms with Crippen molar-refractivity contribution in [2.45, 2.75) is 18.4 Å². The lowest BCUT2D eigenvalue weighted by Gasteiger charge is -2.12. The van der Waals surface area contributed by atoms with Crippen LogP contribution in [0.25, 0.3) is 0 Å². The third-order valence-corrected chi connectivity index (χ3v) is 3.23. The Kier molecular flexibility index (Phi) is 2.29. The second-order valence-electron chi connectivity index (χ2n) is 3.53. The molecule has 0 unspecified atom stereocenters. The van der Waals surface area contributed by atoms with Crippen LogP contribution in [0.5, 0.6) is 11.5 Å². The molecule has 78 valence electrons. The van der Waals surface area contributed by atoms with Crippen molar-refractivity contribution in [1.82, 2.24) is 0 Å². The van der Waals surface area contributed by atoms with Gasteiger partial charge < -0.3 is 10.2 Å². The molecule has 1 aliphatic carbocycles. The van der Waals surface area contributed by atoms with Crippen molar-refractivity contribution in [3.8, 4) is 11.5 Å². The Bertz CT molecular complexity index is 462. The van der Waals surface area contributed by atoms with E-state index in [4.69, 9.17) is 0 Å². The number of aromatic hydroxyl groups is 2. The highest BCUT2D eigenvalue weighted by atomic mass is 79.9. The van der Waals surface area contributed by atoms with E-state index in [0.29, 0.717) is 22.9 Å². The summed E-state index contributed by atoms with van der Waals surface area (Å²) in [6.45, 7) is 0. The molecule has 1 aromatic rings. The molecule has 5 heteroatoms. The van der Waals surface area contributed by atoms with E-state index < -0.39 is 5.54 Å². The Morgan fingerprint density at radius 1 is 1.33 bits per heavy atom. The maximum absolute atomic E-state index is 10.3. The van der Waals surface area contributed by atoms with Gasteiger partial charge in [-0.15, -0.1) is 0 Å². The zero-order chi connectivity index (χ0) is 11.1. The van der Waals surface area contributed by atoms with Gasteiger partial charge >= 0.3 is 0 Å². The first kappa shape index (κ1) is 10.2. The Morgan fingerprint density at radius 3 is 2.53 bits per heavy atom. The largest absolute Gasteiger partial charge is 0.504 e. The number of aliphatic imine (C=N–C) groups is 1. The Labute approximate surface area is 94.4 Å². The van der Waals surface area contributed by atoms with Gasteiger partial charge in [-0.2, -0.15) is 4.99 Å². The van der Waals surface area contributed by atoms with Crippen molar-refractivity contribution in [2.75, 3.05) is 0 Å². The lowest BCUT2D eigenvalue weighted by atomic mass is 10.0. The van der Waals surface area contributed by atoms with Gasteiger partial charge in [-0.25, -0.2) is 4.79 Å². The standard InChI is InChI=1S/C10H8BrNO3/c11-7-2-1-6(8(14)9(7)15)10(3-4-10)12-5-13/h1-2,14-15H,3-4H2. The van der Waals surface area contributed by atoms with E-state index in [9.17, 15) is 15.0 Å². The molecule has 4 nitrogen and oxygen atoms in total. The van der Waals surface area contributed by atoms with Gasteiger partial charge in [-0.1, -0.05) is 6.07 Å². The highest BCUT2D eigenvalue weighted by molar-refractivity contribution is 9.10. The van der Waals surface area contributed by atoms with E-state index in [1.165, 1.54) is 6.08 Å². The summed E-state index contributed by atoms with van der Waals surface area (Å²) in [6.07, 6.45) is 2.88. The van der Waals surface area contributed by atoms with Crippen molar-refractivity contribution >= 4 is 22.0 Å². The third kappa shape index (κ3) is 1.54. The van der Waals surface area contributed by atoms with Crippen LogP contribution in [-0.2, 0) is 10.3 Å². The number of isocyanates is 1. The quantitative estimate of drug-likeness (QED) is 0.491. The number of hydrogen-bond acceptors (Lipinski definition) is 4. The Morgan fingerprint density at radius 2 is 2.00 bits per heavy atom. The van der Waals surface area contributed by atoms with E-state index in [2.05, 4.69) is 20.9 Å². The SMILES string of the molecule is O=C=NC1(c2ccc(Br)c(O)c2O)CC1. The van der Waals surface area contributed by atoms with Crippen molar-refractivity contribution in [2.24, 2.45) is 4.99 Å². The summed E-state index contributed by atoms with van der Waals surface area (Å²) in [7, 11) is 0. The summed E-state index contributed by atoms with van der Waals surface area (Å²) in [4.78, 5) is 13.9. The van der Waals surface area contributed by atoms with Crippen LogP contribution >= 0.6 is 15.9 Å². The van der Waals surface area contributed by atoms with Crippen LogP contribution < -0.4 is 0 Å². The number of halogens is 1. The molecule has 0 aliphatic heterocycles. The average molecular weight is 270 g/mol. The smallest absolute Gasteiger partial charge is 0.235 e. The predicted octanol–water partition coefficient (Wildman–Crippen LogP) is 2.19. The second-order valence-corrected chi connectivity index (χ2v) is 4.38. The molecule has 1 fully saturated rings. The van der Waals surface area contributed by atoms with Crippen LogP contribution in [0.15, 0.2) is 21.6 Å². The summed E-state index contributed by atoms with van der Waals surface area (Å²) in [5.41, 5.74) is -0.184. The van der Waals surface area contributed by atoms with Gasteiger partial charge in [-0.3, -0.25) is 0 Å². The maximum atomic E-state index is 10.3. The maximum Gasteiger partial charge on any atom is 0.235 e. The van der Waals surface area contributed by atoms with Gasteiger partial charge in [0.15, 0.2) is 11.5 Å². The summed E-state index contributed by atoms with van der Waals surface area (Å²) < 4.78 is 0.412. The number of rotatable bonds is 2. The van der Waals surface area contributed by atoms with E-state index in [1.54, 1.807) is 12.1 Å². The third-order valence-electron chi connectivity index (χ3n) is 2.59. The first-order chi connectivity index (χ1) is 7.10. The molecule has 0 amide bonds. The fraction of sp³-hybridized carbons (Fsp3) is 0.300. The van der Waals surface area contributed by atoms with Gasteiger partial charge in [0.25, 0.3) is 0 Å². The second kappa shape index (κ2) is 3.36. The van der Waals surface area contributed by atoms with Gasteiger partial charge in [-0.05, 0) is 34.8 Å². The molecule has 0 heterocycles. The van der Waals surface area contributed by atoms with Crippen LogP contribution in [0, 0.1) is 0 Å². The zero-order valence-corrected chi connectivity index (χ0v) is 9.28. The molecular formula is C10H8BrNO3. The van der Waals surface area contributed by atoms with E-state index in [1.807, 2.05) is 0 Å². The van der Waals surface area contributed by atoms with Crippen molar-refractivity contribution in [1.29, 1.82) is 0 Å². The lowest BCUT2D eigenvalue weighted by molar-refractivity contribution is 0.392. The number of phenolic OH excluding ortho intramolecular Hbond substituents is 2.